The zero-order valence-electron chi connectivity index (χ0n) is 11.4. The van der Waals surface area contributed by atoms with Gasteiger partial charge >= 0.3 is 0 Å². The summed E-state index contributed by atoms with van der Waals surface area (Å²) in [5.41, 5.74) is 0. The van der Waals surface area contributed by atoms with Crippen LogP contribution in [0.5, 0.6) is 0 Å². The standard InChI is InChI=1S/C12H23BO4/c1-7(2)15-6-9-10(14-5)11(12(13)17-9)16-8(3)4/h7-12H,6H2,1-5H3. The van der Waals surface area contributed by atoms with Crippen molar-refractivity contribution in [1.82, 2.24) is 0 Å². The van der Waals surface area contributed by atoms with E-state index >= 15 is 0 Å². The van der Waals surface area contributed by atoms with Crippen LogP contribution in [0, 0.1) is 0 Å². The average Bonchev–Trinajstić information content (AvgIpc) is 2.51. The third kappa shape index (κ3) is 4.25. The second kappa shape index (κ2) is 6.73. The Morgan fingerprint density at radius 2 is 1.76 bits per heavy atom. The molecule has 1 saturated heterocycles. The van der Waals surface area contributed by atoms with Gasteiger partial charge < -0.3 is 18.9 Å². The van der Waals surface area contributed by atoms with Crippen LogP contribution < -0.4 is 0 Å². The minimum Gasteiger partial charge on any atom is -0.377 e. The molecular weight excluding hydrogens is 219 g/mol. The highest BCUT2D eigenvalue weighted by atomic mass is 16.6. The minimum atomic E-state index is -0.455. The van der Waals surface area contributed by atoms with Crippen LogP contribution in [0.2, 0.25) is 0 Å². The van der Waals surface area contributed by atoms with Gasteiger partial charge in [0.05, 0.1) is 18.8 Å². The highest BCUT2D eigenvalue weighted by molar-refractivity contribution is 6.11. The molecule has 0 bridgehead atoms. The molecule has 5 heteroatoms. The summed E-state index contributed by atoms with van der Waals surface area (Å²) in [5, 5.41) is 0. The molecule has 1 rings (SSSR count). The lowest BCUT2D eigenvalue weighted by atomic mass is 9.92. The number of ether oxygens (including phenoxy) is 4. The van der Waals surface area contributed by atoms with Gasteiger partial charge in [-0.2, -0.15) is 0 Å². The maximum Gasteiger partial charge on any atom is 0.113 e. The number of hydrogen-bond acceptors (Lipinski definition) is 4. The molecule has 4 atom stereocenters. The van der Waals surface area contributed by atoms with E-state index < -0.39 is 6.00 Å². The fourth-order valence-corrected chi connectivity index (χ4v) is 1.93. The fraction of sp³-hybridized carbons (Fsp3) is 1.00. The van der Waals surface area contributed by atoms with Crippen LogP contribution in [0.25, 0.3) is 0 Å². The Balaban J connectivity index is 2.56. The molecule has 0 spiro atoms. The molecule has 1 fully saturated rings. The molecule has 4 unspecified atom stereocenters. The van der Waals surface area contributed by atoms with E-state index in [0.717, 1.165) is 0 Å². The van der Waals surface area contributed by atoms with Crippen LogP contribution in [-0.4, -0.2) is 58.1 Å². The summed E-state index contributed by atoms with van der Waals surface area (Å²) in [6.07, 6.45) is -0.317. The Bertz CT molecular complexity index is 223. The van der Waals surface area contributed by atoms with E-state index in [1.54, 1.807) is 7.11 Å². The van der Waals surface area contributed by atoms with Crippen LogP contribution in [-0.2, 0) is 18.9 Å². The Labute approximate surface area is 105 Å². The fourth-order valence-electron chi connectivity index (χ4n) is 1.93. The van der Waals surface area contributed by atoms with Crippen molar-refractivity contribution in [2.24, 2.45) is 0 Å². The van der Waals surface area contributed by atoms with Gasteiger partial charge in [-0.1, -0.05) is 0 Å². The first-order valence-electron chi connectivity index (χ1n) is 6.16. The monoisotopic (exact) mass is 242 g/mol. The Morgan fingerprint density at radius 1 is 1.12 bits per heavy atom. The quantitative estimate of drug-likeness (QED) is 0.654. The van der Waals surface area contributed by atoms with E-state index in [1.165, 1.54) is 0 Å². The van der Waals surface area contributed by atoms with E-state index in [4.69, 9.17) is 26.8 Å². The zero-order chi connectivity index (χ0) is 13.0. The molecule has 0 aromatic carbocycles. The molecule has 0 amide bonds. The van der Waals surface area contributed by atoms with Gasteiger partial charge in [0.1, 0.15) is 26.2 Å². The normalized spacial score (nSPS) is 33.8. The Kier molecular flexibility index (Phi) is 5.93. The van der Waals surface area contributed by atoms with Crippen LogP contribution in [0.1, 0.15) is 27.7 Å². The third-order valence-electron chi connectivity index (χ3n) is 2.64. The minimum absolute atomic E-state index is 0.0945. The van der Waals surface area contributed by atoms with Gasteiger partial charge in [0.2, 0.25) is 0 Å². The second-order valence-electron chi connectivity index (χ2n) is 4.87. The third-order valence-corrected chi connectivity index (χ3v) is 2.64. The molecule has 0 aliphatic carbocycles. The highest BCUT2D eigenvalue weighted by Gasteiger charge is 2.43. The lowest BCUT2D eigenvalue weighted by Gasteiger charge is -2.24. The van der Waals surface area contributed by atoms with Gasteiger partial charge in [-0.05, 0) is 27.7 Å². The van der Waals surface area contributed by atoms with E-state index in [-0.39, 0.29) is 30.5 Å². The van der Waals surface area contributed by atoms with Crippen LogP contribution in [0.15, 0.2) is 0 Å². The van der Waals surface area contributed by atoms with Crippen molar-refractivity contribution in [3.05, 3.63) is 0 Å². The topological polar surface area (TPSA) is 36.9 Å². The predicted octanol–water partition coefficient (Wildman–Crippen LogP) is 1.11. The molecule has 0 aromatic rings. The van der Waals surface area contributed by atoms with E-state index in [2.05, 4.69) is 0 Å². The molecule has 98 valence electrons. The van der Waals surface area contributed by atoms with E-state index in [1.807, 2.05) is 27.7 Å². The van der Waals surface area contributed by atoms with Crippen LogP contribution >= 0.6 is 0 Å². The summed E-state index contributed by atoms with van der Waals surface area (Å²) in [6.45, 7) is 8.38. The van der Waals surface area contributed by atoms with Gasteiger partial charge in [0, 0.05) is 13.1 Å². The van der Waals surface area contributed by atoms with Gasteiger partial charge in [0.15, 0.2) is 0 Å². The number of rotatable bonds is 6. The van der Waals surface area contributed by atoms with Gasteiger partial charge in [-0.15, -0.1) is 0 Å². The van der Waals surface area contributed by atoms with Crippen LogP contribution in [0.3, 0.4) is 0 Å². The van der Waals surface area contributed by atoms with E-state index in [0.29, 0.717) is 6.61 Å². The first-order chi connectivity index (χ1) is 7.95. The molecule has 4 nitrogen and oxygen atoms in total. The molecule has 0 saturated carbocycles. The molecule has 1 aliphatic heterocycles. The predicted molar refractivity (Wildman–Crippen MR) is 66.3 cm³/mol. The SMILES string of the molecule is [B]C1OC(COC(C)C)C(OC)C1OC(C)C. The first-order valence-corrected chi connectivity index (χ1v) is 6.16. The molecular formula is C12H23BO4. The van der Waals surface area contributed by atoms with Crippen LogP contribution in [0.4, 0.5) is 0 Å². The maximum absolute atomic E-state index is 5.91. The summed E-state index contributed by atoms with van der Waals surface area (Å²) >= 11 is 0. The molecule has 2 radical (unpaired) electrons. The lowest BCUT2D eigenvalue weighted by molar-refractivity contribution is -0.0796. The highest BCUT2D eigenvalue weighted by Crippen LogP contribution is 2.26. The van der Waals surface area contributed by atoms with Crippen molar-refractivity contribution in [3.63, 3.8) is 0 Å². The lowest BCUT2D eigenvalue weighted by Crippen LogP contribution is -2.40. The molecule has 17 heavy (non-hydrogen) atoms. The summed E-state index contributed by atoms with van der Waals surface area (Å²) in [7, 11) is 7.55. The smallest absolute Gasteiger partial charge is 0.113 e. The van der Waals surface area contributed by atoms with Crippen molar-refractivity contribution < 1.29 is 18.9 Å². The Hall–Kier alpha value is -0.0951. The van der Waals surface area contributed by atoms with Gasteiger partial charge in [-0.3, -0.25) is 0 Å². The largest absolute Gasteiger partial charge is 0.377 e. The summed E-state index contributed by atoms with van der Waals surface area (Å²) in [5.74, 6) is 0. The molecule has 0 N–H and O–H groups in total. The number of methoxy groups -OCH3 is 1. The molecule has 1 heterocycles. The summed E-state index contributed by atoms with van der Waals surface area (Å²) in [4.78, 5) is 0. The second-order valence-corrected chi connectivity index (χ2v) is 4.87. The summed E-state index contributed by atoms with van der Waals surface area (Å²) in [6, 6.07) is -0.455. The average molecular weight is 242 g/mol. The molecule has 1 aliphatic rings. The number of hydrogen-bond donors (Lipinski definition) is 0. The zero-order valence-corrected chi connectivity index (χ0v) is 11.4. The van der Waals surface area contributed by atoms with Crippen molar-refractivity contribution in [2.45, 2.75) is 64.2 Å². The maximum atomic E-state index is 5.91. The van der Waals surface area contributed by atoms with E-state index in [9.17, 15) is 0 Å². The Morgan fingerprint density at radius 3 is 2.24 bits per heavy atom. The van der Waals surface area contributed by atoms with Crippen molar-refractivity contribution in [2.75, 3.05) is 13.7 Å². The first kappa shape index (κ1) is 15.0. The van der Waals surface area contributed by atoms with Crippen molar-refractivity contribution in [3.8, 4) is 0 Å². The van der Waals surface area contributed by atoms with Crippen molar-refractivity contribution in [1.29, 1.82) is 0 Å². The van der Waals surface area contributed by atoms with Crippen molar-refractivity contribution >= 4 is 7.85 Å². The molecule has 0 aromatic heterocycles. The van der Waals surface area contributed by atoms with Gasteiger partial charge in [0.25, 0.3) is 0 Å². The van der Waals surface area contributed by atoms with Gasteiger partial charge in [-0.25, -0.2) is 0 Å². The summed E-state index contributed by atoms with van der Waals surface area (Å²) < 4.78 is 22.3.